The van der Waals surface area contributed by atoms with Gasteiger partial charge in [-0.2, -0.15) is 0 Å². The molecule has 0 aliphatic carbocycles. The molecule has 0 bridgehead atoms. The minimum absolute atomic E-state index is 0.0185. The predicted molar refractivity (Wildman–Crippen MR) is 93.4 cm³/mol. The lowest BCUT2D eigenvalue weighted by atomic mass is 10.2. The molecule has 2 aromatic carbocycles. The Balaban J connectivity index is 2.59. The number of hydrogen-bond acceptors (Lipinski definition) is 5. The fraction of sp³-hybridized carbons (Fsp3) is 0.118. The first kappa shape index (κ1) is 20.2. The number of rotatable bonds is 7. The summed E-state index contributed by atoms with van der Waals surface area (Å²) in [5.41, 5.74) is -0.279. The number of carbonyl (C=O) groups is 1. The Kier molecular flexibility index (Phi) is 6.01. The van der Waals surface area contributed by atoms with E-state index in [1.165, 1.54) is 20.3 Å². The molecule has 0 amide bonds. The number of anilines is 1. The van der Waals surface area contributed by atoms with Crippen molar-refractivity contribution in [3.63, 3.8) is 0 Å². The molecular formula is C17H15F2NO6S. The third kappa shape index (κ3) is 4.73. The smallest absolute Gasteiger partial charge is 0.328 e. The first-order valence-corrected chi connectivity index (χ1v) is 8.81. The topological polar surface area (TPSA) is 102 Å². The van der Waals surface area contributed by atoms with Crippen LogP contribution in [0.5, 0.6) is 11.5 Å². The van der Waals surface area contributed by atoms with Gasteiger partial charge in [0, 0.05) is 12.1 Å². The van der Waals surface area contributed by atoms with Gasteiger partial charge in [-0.25, -0.2) is 22.0 Å². The van der Waals surface area contributed by atoms with E-state index in [2.05, 4.69) is 0 Å². The maximum absolute atomic E-state index is 13.8. The van der Waals surface area contributed by atoms with E-state index < -0.39 is 38.2 Å². The van der Waals surface area contributed by atoms with Crippen LogP contribution in [0.25, 0.3) is 6.08 Å². The van der Waals surface area contributed by atoms with E-state index in [1.54, 1.807) is 0 Å². The van der Waals surface area contributed by atoms with E-state index in [0.29, 0.717) is 6.07 Å². The summed E-state index contributed by atoms with van der Waals surface area (Å²) >= 11 is 0. The molecule has 144 valence electrons. The normalized spacial score (nSPS) is 11.4. The number of benzene rings is 2. The first-order chi connectivity index (χ1) is 12.7. The van der Waals surface area contributed by atoms with Gasteiger partial charge in [0.1, 0.15) is 16.5 Å². The van der Waals surface area contributed by atoms with Gasteiger partial charge in [-0.3, -0.25) is 4.72 Å². The van der Waals surface area contributed by atoms with Gasteiger partial charge in [-0.15, -0.1) is 0 Å². The van der Waals surface area contributed by atoms with E-state index in [-0.39, 0.29) is 17.1 Å². The maximum atomic E-state index is 13.8. The Bertz CT molecular complexity index is 1000. The van der Waals surface area contributed by atoms with Crippen LogP contribution in [0.4, 0.5) is 14.5 Å². The van der Waals surface area contributed by atoms with Crippen LogP contribution < -0.4 is 14.2 Å². The molecule has 0 fully saturated rings. The molecule has 0 aliphatic rings. The van der Waals surface area contributed by atoms with Gasteiger partial charge in [0.05, 0.1) is 19.9 Å². The molecular weight excluding hydrogens is 384 g/mol. The summed E-state index contributed by atoms with van der Waals surface area (Å²) in [5, 5.41) is 8.73. The summed E-state index contributed by atoms with van der Waals surface area (Å²) < 4.78 is 64.5. The monoisotopic (exact) mass is 399 g/mol. The number of halogens is 2. The lowest BCUT2D eigenvalue weighted by molar-refractivity contribution is -0.131. The second-order valence-corrected chi connectivity index (χ2v) is 6.81. The molecule has 0 atom stereocenters. The van der Waals surface area contributed by atoms with Crippen molar-refractivity contribution in [1.82, 2.24) is 0 Å². The molecule has 2 aromatic rings. The summed E-state index contributed by atoms with van der Waals surface area (Å²) in [4.78, 5) is 10.3. The van der Waals surface area contributed by atoms with Gasteiger partial charge >= 0.3 is 5.97 Å². The zero-order valence-electron chi connectivity index (χ0n) is 14.2. The van der Waals surface area contributed by atoms with E-state index in [9.17, 15) is 22.0 Å². The van der Waals surface area contributed by atoms with Crippen molar-refractivity contribution in [2.24, 2.45) is 0 Å². The summed E-state index contributed by atoms with van der Waals surface area (Å²) in [6.07, 6.45) is 1.96. The van der Waals surface area contributed by atoms with Crippen molar-refractivity contribution in [2.75, 3.05) is 18.9 Å². The van der Waals surface area contributed by atoms with Crippen LogP contribution >= 0.6 is 0 Å². The first-order valence-electron chi connectivity index (χ1n) is 7.33. The van der Waals surface area contributed by atoms with Gasteiger partial charge in [0.25, 0.3) is 10.0 Å². The average Bonchev–Trinajstić information content (AvgIpc) is 2.61. The fourth-order valence-corrected chi connectivity index (χ4v) is 3.47. The van der Waals surface area contributed by atoms with Crippen molar-refractivity contribution in [3.05, 3.63) is 53.6 Å². The minimum Gasteiger partial charge on any atom is -0.493 e. The Morgan fingerprint density at radius 3 is 2.41 bits per heavy atom. The highest BCUT2D eigenvalue weighted by Gasteiger charge is 2.25. The van der Waals surface area contributed by atoms with E-state index >= 15 is 0 Å². The number of aliphatic carboxylic acids is 1. The van der Waals surface area contributed by atoms with Crippen molar-refractivity contribution < 1.29 is 36.6 Å². The van der Waals surface area contributed by atoms with Crippen molar-refractivity contribution in [1.29, 1.82) is 0 Å². The zero-order valence-corrected chi connectivity index (χ0v) is 15.0. The number of carboxylic acids is 1. The Hall–Kier alpha value is -3.14. The molecule has 0 aliphatic heterocycles. The second kappa shape index (κ2) is 8.04. The highest BCUT2D eigenvalue weighted by molar-refractivity contribution is 7.92. The van der Waals surface area contributed by atoms with E-state index in [4.69, 9.17) is 14.6 Å². The Morgan fingerprint density at radius 1 is 1.15 bits per heavy atom. The summed E-state index contributed by atoms with van der Waals surface area (Å²) in [7, 11) is -1.90. The largest absolute Gasteiger partial charge is 0.493 e. The third-order valence-electron chi connectivity index (χ3n) is 3.35. The highest BCUT2D eigenvalue weighted by Crippen LogP contribution is 2.37. The molecule has 7 nitrogen and oxygen atoms in total. The number of hydrogen-bond donors (Lipinski definition) is 2. The highest BCUT2D eigenvalue weighted by atomic mass is 32.2. The van der Waals surface area contributed by atoms with Crippen LogP contribution in [-0.2, 0) is 14.8 Å². The number of nitrogens with one attached hydrogen (secondary N) is 1. The molecule has 10 heteroatoms. The lowest BCUT2D eigenvalue weighted by Gasteiger charge is -2.15. The van der Waals surface area contributed by atoms with Crippen LogP contribution in [0, 0.1) is 11.6 Å². The number of carboxylic acid groups (broad SMARTS) is 1. The second-order valence-electron chi connectivity index (χ2n) is 5.16. The molecule has 0 heterocycles. The third-order valence-corrected chi connectivity index (χ3v) is 4.72. The van der Waals surface area contributed by atoms with Gasteiger partial charge in [0.15, 0.2) is 11.5 Å². The van der Waals surface area contributed by atoms with Crippen LogP contribution in [0.3, 0.4) is 0 Å². The molecule has 27 heavy (non-hydrogen) atoms. The fourth-order valence-electron chi connectivity index (χ4n) is 2.19. The van der Waals surface area contributed by atoms with Gasteiger partial charge < -0.3 is 14.6 Å². The lowest BCUT2D eigenvalue weighted by Crippen LogP contribution is -2.16. The van der Waals surface area contributed by atoms with Crippen LogP contribution in [0.15, 0.2) is 41.3 Å². The van der Waals surface area contributed by atoms with E-state index in [0.717, 1.165) is 30.4 Å². The minimum atomic E-state index is -4.38. The van der Waals surface area contributed by atoms with Crippen molar-refractivity contribution >= 4 is 27.8 Å². The Labute approximate surface area is 153 Å². The molecule has 0 saturated heterocycles. The average molecular weight is 399 g/mol. The number of methoxy groups -OCH3 is 2. The van der Waals surface area contributed by atoms with Crippen LogP contribution in [0.2, 0.25) is 0 Å². The van der Waals surface area contributed by atoms with Crippen molar-refractivity contribution in [2.45, 2.75) is 4.90 Å². The molecule has 2 rings (SSSR count). The van der Waals surface area contributed by atoms with Gasteiger partial charge in [0.2, 0.25) is 0 Å². The zero-order chi connectivity index (χ0) is 20.2. The van der Waals surface area contributed by atoms with Gasteiger partial charge in [-0.05, 0) is 35.9 Å². The SMILES string of the molecule is COc1cc(C=CC(=O)O)cc(S(=O)(=O)Nc2ccc(F)cc2F)c1OC. The number of sulfonamides is 1. The standard InChI is InChI=1S/C17H15F2NO6S/c1-25-14-7-10(3-6-16(21)22)8-15(17(14)26-2)27(23,24)20-13-5-4-11(18)9-12(13)19/h3-9,20H,1-2H3,(H,21,22). The van der Waals surface area contributed by atoms with Gasteiger partial charge in [-0.1, -0.05) is 0 Å². The van der Waals surface area contributed by atoms with E-state index in [1.807, 2.05) is 4.72 Å². The molecule has 2 N–H and O–H groups in total. The molecule has 0 aromatic heterocycles. The van der Waals surface area contributed by atoms with Crippen molar-refractivity contribution in [3.8, 4) is 11.5 Å². The molecule has 0 saturated carbocycles. The summed E-state index contributed by atoms with van der Waals surface area (Å²) in [6, 6.07) is 4.85. The Morgan fingerprint density at radius 2 is 1.85 bits per heavy atom. The maximum Gasteiger partial charge on any atom is 0.328 e. The molecule has 0 radical (unpaired) electrons. The van der Waals surface area contributed by atoms with Crippen LogP contribution in [0.1, 0.15) is 5.56 Å². The quantitative estimate of drug-likeness (QED) is 0.694. The summed E-state index contributed by atoms with van der Waals surface area (Å²) in [6.45, 7) is 0. The summed E-state index contributed by atoms with van der Waals surface area (Å²) in [5.74, 6) is -3.35. The number of ether oxygens (including phenoxy) is 2. The predicted octanol–water partition coefficient (Wildman–Crippen LogP) is 2.88. The molecule has 0 unspecified atom stereocenters. The van der Waals surface area contributed by atoms with Crippen LogP contribution in [-0.4, -0.2) is 33.7 Å². The molecule has 0 spiro atoms.